The fourth-order valence-corrected chi connectivity index (χ4v) is 0.655. The molecule has 2 aromatic heterocycles. The monoisotopic (exact) mass is 176 g/mol. The number of hydrogen-bond acceptors (Lipinski definition) is 2. The van der Waals surface area contributed by atoms with Gasteiger partial charge in [-0.1, -0.05) is 6.07 Å². The maximum atomic E-state index is 11.8. The number of halogens is 1. The van der Waals surface area contributed by atoms with Gasteiger partial charge in [0.1, 0.15) is 5.82 Å². The summed E-state index contributed by atoms with van der Waals surface area (Å²) in [7, 11) is 0. The Morgan fingerprint density at radius 1 is 0.846 bits per heavy atom. The highest BCUT2D eigenvalue weighted by molar-refractivity contribution is 4.92. The lowest BCUT2D eigenvalue weighted by molar-refractivity contribution is 0.621. The SMILES string of the molecule is Fc1cccnc1.c1ccncc1. The molecule has 3 heteroatoms. The fourth-order valence-electron chi connectivity index (χ4n) is 0.655. The summed E-state index contributed by atoms with van der Waals surface area (Å²) in [5, 5.41) is 0. The van der Waals surface area contributed by atoms with Crippen LogP contribution in [-0.2, 0) is 0 Å². The van der Waals surface area contributed by atoms with Gasteiger partial charge in [0.15, 0.2) is 0 Å². The van der Waals surface area contributed by atoms with Crippen LogP contribution in [0.2, 0.25) is 0 Å². The van der Waals surface area contributed by atoms with E-state index in [1.165, 1.54) is 18.5 Å². The van der Waals surface area contributed by atoms with Crippen LogP contribution in [0.1, 0.15) is 0 Å². The van der Waals surface area contributed by atoms with E-state index in [9.17, 15) is 4.39 Å². The van der Waals surface area contributed by atoms with Crippen molar-refractivity contribution in [2.45, 2.75) is 0 Å². The van der Waals surface area contributed by atoms with Crippen LogP contribution in [0.5, 0.6) is 0 Å². The van der Waals surface area contributed by atoms with Crippen LogP contribution in [0.3, 0.4) is 0 Å². The summed E-state index contributed by atoms with van der Waals surface area (Å²) < 4.78 is 11.8. The van der Waals surface area contributed by atoms with E-state index in [4.69, 9.17) is 0 Å². The van der Waals surface area contributed by atoms with Crippen molar-refractivity contribution in [2.24, 2.45) is 0 Å². The number of nitrogens with zero attached hydrogens (tertiary/aromatic N) is 2. The molecule has 0 radical (unpaired) electrons. The first kappa shape index (κ1) is 9.32. The zero-order valence-electron chi connectivity index (χ0n) is 6.97. The highest BCUT2D eigenvalue weighted by atomic mass is 19.1. The molecule has 0 unspecified atom stereocenters. The smallest absolute Gasteiger partial charge is 0.141 e. The van der Waals surface area contributed by atoms with Crippen molar-refractivity contribution < 1.29 is 4.39 Å². The van der Waals surface area contributed by atoms with Gasteiger partial charge >= 0.3 is 0 Å². The van der Waals surface area contributed by atoms with E-state index in [0.717, 1.165) is 0 Å². The minimum atomic E-state index is -0.289. The first-order chi connectivity index (χ1) is 6.39. The lowest BCUT2D eigenvalue weighted by atomic mass is 10.5. The van der Waals surface area contributed by atoms with Crippen molar-refractivity contribution >= 4 is 0 Å². The molecular weight excluding hydrogens is 167 g/mol. The molecule has 0 amide bonds. The Balaban J connectivity index is 0.000000132. The first-order valence-electron chi connectivity index (χ1n) is 3.80. The molecule has 13 heavy (non-hydrogen) atoms. The van der Waals surface area contributed by atoms with Gasteiger partial charge in [-0.15, -0.1) is 0 Å². The molecule has 2 heterocycles. The number of pyridine rings is 2. The Kier molecular flexibility index (Phi) is 4.18. The third-order valence-electron chi connectivity index (χ3n) is 1.19. The maximum absolute atomic E-state index is 11.8. The maximum Gasteiger partial charge on any atom is 0.141 e. The van der Waals surface area contributed by atoms with Gasteiger partial charge in [0.25, 0.3) is 0 Å². The minimum absolute atomic E-state index is 0.289. The molecule has 0 aromatic carbocycles. The van der Waals surface area contributed by atoms with Crippen molar-refractivity contribution in [2.75, 3.05) is 0 Å². The van der Waals surface area contributed by atoms with Crippen molar-refractivity contribution in [1.29, 1.82) is 0 Å². The van der Waals surface area contributed by atoms with Crippen LogP contribution in [-0.4, -0.2) is 9.97 Å². The van der Waals surface area contributed by atoms with Gasteiger partial charge < -0.3 is 0 Å². The van der Waals surface area contributed by atoms with E-state index in [-0.39, 0.29) is 5.82 Å². The molecule has 0 bridgehead atoms. The molecule has 0 aliphatic carbocycles. The Morgan fingerprint density at radius 2 is 1.54 bits per heavy atom. The predicted molar refractivity (Wildman–Crippen MR) is 48.4 cm³/mol. The quantitative estimate of drug-likeness (QED) is 0.615. The highest BCUT2D eigenvalue weighted by Gasteiger charge is 1.78. The van der Waals surface area contributed by atoms with E-state index in [2.05, 4.69) is 9.97 Å². The zero-order chi connectivity index (χ0) is 9.36. The lowest BCUT2D eigenvalue weighted by Gasteiger charge is -1.78. The van der Waals surface area contributed by atoms with Crippen LogP contribution in [0.15, 0.2) is 55.1 Å². The van der Waals surface area contributed by atoms with E-state index < -0.39 is 0 Å². The largest absolute Gasteiger partial charge is 0.265 e. The second kappa shape index (κ2) is 5.83. The number of hydrogen-bond donors (Lipinski definition) is 0. The summed E-state index contributed by atoms with van der Waals surface area (Å²) in [6, 6.07) is 8.62. The van der Waals surface area contributed by atoms with Crippen molar-refractivity contribution in [1.82, 2.24) is 9.97 Å². The average Bonchev–Trinajstić information content (AvgIpc) is 2.22. The topological polar surface area (TPSA) is 25.8 Å². The van der Waals surface area contributed by atoms with Crippen LogP contribution in [0.4, 0.5) is 4.39 Å². The zero-order valence-corrected chi connectivity index (χ0v) is 6.97. The van der Waals surface area contributed by atoms with Crippen molar-refractivity contribution in [3.63, 3.8) is 0 Å². The molecule has 0 saturated heterocycles. The first-order valence-corrected chi connectivity index (χ1v) is 3.80. The predicted octanol–water partition coefficient (Wildman–Crippen LogP) is 2.30. The molecule has 0 aliphatic rings. The summed E-state index contributed by atoms with van der Waals surface area (Å²) in [5.41, 5.74) is 0. The standard InChI is InChI=1S/C5H4FN.C5H5N/c6-5-2-1-3-7-4-5;1-2-4-6-5-3-1/h1-4H;1-5H. The van der Waals surface area contributed by atoms with E-state index >= 15 is 0 Å². The van der Waals surface area contributed by atoms with Crippen molar-refractivity contribution in [3.05, 3.63) is 60.9 Å². The van der Waals surface area contributed by atoms with Crippen LogP contribution in [0.25, 0.3) is 0 Å². The van der Waals surface area contributed by atoms with Crippen LogP contribution < -0.4 is 0 Å². The Bertz CT molecular complexity index is 283. The van der Waals surface area contributed by atoms with Gasteiger partial charge in [0.05, 0.1) is 6.20 Å². The fraction of sp³-hybridized carbons (Fsp3) is 0. The van der Waals surface area contributed by atoms with E-state index in [1.54, 1.807) is 18.5 Å². The van der Waals surface area contributed by atoms with Gasteiger partial charge in [0, 0.05) is 18.6 Å². The third kappa shape index (κ3) is 4.63. The molecule has 0 aliphatic heterocycles. The summed E-state index contributed by atoms with van der Waals surface area (Å²) in [5.74, 6) is -0.289. The number of rotatable bonds is 0. The van der Waals surface area contributed by atoms with E-state index in [0.29, 0.717) is 0 Å². The second-order valence-corrected chi connectivity index (χ2v) is 2.20. The molecule has 2 nitrogen and oxygen atoms in total. The summed E-state index contributed by atoms with van der Waals surface area (Å²) in [6.07, 6.45) is 6.20. The van der Waals surface area contributed by atoms with Gasteiger partial charge in [-0.25, -0.2) is 4.39 Å². The van der Waals surface area contributed by atoms with Crippen molar-refractivity contribution in [3.8, 4) is 0 Å². The average molecular weight is 176 g/mol. The van der Waals surface area contributed by atoms with Gasteiger partial charge in [-0.3, -0.25) is 9.97 Å². The third-order valence-corrected chi connectivity index (χ3v) is 1.19. The van der Waals surface area contributed by atoms with Crippen LogP contribution >= 0.6 is 0 Å². The minimum Gasteiger partial charge on any atom is -0.265 e. The second-order valence-electron chi connectivity index (χ2n) is 2.20. The molecule has 0 N–H and O–H groups in total. The summed E-state index contributed by atoms with van der Waals surface area (Å²) in [4.78, 5) is 7.29. The Hall–Kier alpha value is -1.77. The molecule has 0 saturated carbocycles. The number of aromatic nitrogens is 2. The van der Waals surface area contributed by atoms with Gasteiger partial charge in [-0.2, -0.15) is 0 Å². The summed E-state index contributed by atoms with van der Waals surface area (Å²) >= 11 is 0. The van der Waals surface area contributed by atoms with Gasteiger partial charge in [-0.05, 0) is 24.3 Å². The molecule has 2 aromatic rings. The molecular formula is C10H9FN2. The molecule has 0 spiro atoms. The van der Waals surface area contributed by atoms with Gasteiger partial charge in [0.2, 0.25) is 0 Å². The van der Waals surface area contributed by atoms with Crippen LogP contribution in [0, 0.1) is 5.82 Å². The Labute approximate surface area is 76.1 Å². The lowest BCUT2D eigenvalue weighted by Crippen LogP contribution is -1.70. The van der Waals surface area contributed by atoms with E-state index in [1.807, 2.05) is 18.2 Å². The summed E-state index contributed by atoms with van der Waals surface area (Å²) in [6.45, 7) is 0. The highest BCUT2D eigenvalue weighted by Crippen LogP contribution is 1.88. The molecule has 0 fully saturated rings. The molecule has 2 rings (SSSR count). The normalized spacial score (nSPS) is 8.38. The molecule has 0 atom stereocenters. The molecule has 66 valence electrons. The Morgan fingerprint density at radius 3 is 1.77 bits per heavy atom.